The molecule has 1 nitrogen and oxygen atoms in total. The molecule has 0 aliphatic carbocycles. The number of hydrogen-bond acceptors (Lipinski definition) is 1. The van der Waals surface area contributed by atoms with E-state index in [9.17, 15) is 0 Å². The maximum Gasteiger partial charge on any atom is 0.0603 e. The summed E-state index contributed by atoms with van der Waals surface area (Å²) in [6.07, 6.45) is 5.31. The second-order valence-corrected chi connectivity index (χ2v) is 3.99. The third kappa shape index (κ3) is 2.16. The van der Waals surface area contributed by atoms with Crippen LogP contribution >= 0.6 is 0 Å². The van der Waals surface area contributed by atoms with E-state index in [1.54, 1.807) is 0 Å². The van der Waals surface area contributed by atoms with Crippen LogP contribution in [0.4, 0.5) is 0 Å². The van der Waals surface area contributed by atoms with Gasteiger partial charge in [0.25, 0.3) is 0 Å². The maximum absolute atomic E-state index is 5.31. The number of hydrogen-bond donors (Lipinski definition) is 0. The first-order chi connectivity index (χ1) is 6.59. The second kappa shape index (κ2) is 4.30. The highest BCUT2D eigenvalue weighted by Crippen LogP contribution is 2.25. The molecule has 0 saturated heterocycles. The molecule has 0 aliphatic heterocycles. The van der Waals surface area contributed by atoms with Crippen LogP contribution < -0.4 is 0 Å². The van der Waals surface area contributed by atoms with Gasteiger partial charge in [0, 0.05) is 5.54 Å². The Morgan fingerprint density at radius 2 is 1.86 bits per heavy atom. The van der Waals surface area contributed by atoms with Gasteiger partial charge in [-0.15, -0.1) is 6.42 Å². The van der Waals surface area contributed by atoms with Crippen molar-refractivity contribution in [1.82, 2.24) is 4.90 Å². The van der Waals surface area contributed by atoms with Crippen LogP contribution in [0.15, 0.2) is 30.3 Å². The third-order valence-corrected chi connectivity index (χ3v) is 2.76. The Kier molecular flexibility index (Phi) is 3.33. The molecule has 14 heavy (non-hydrogen) atoms. The molecule has 0 aromatic heterocycles. The lowest BCUT2D eigenvalue weighted by molar-refractivity contribution is 0.178. The minimum Gasteiger partial charge on any atom is -0.286 e. The fraction of sp³-hybridized carbons (Fsp3) is 0.385. The number of nitrogens with zero attached hydrogens (tertiary/aromatic N) is 1. The van der Waals surface area contributed by atoms with Crippen LogP contribution in [0.3, 0.4) is 0 Å². The zero-order valence-electron chi connectivity index (χ0n) is 9.12. The molecule has 0 unspecified atom stereocenters. The minimum atomic E-state index is -0.00632. The van der Waals surface area contributed by atoms with Gasteiger partial charge in [0.2, 0.25) is 0 Å². The Bertz CT molecular complexity index is 319. The van der Waals surface area contributed by atoms with Crippen molar-refractivity contribution in [3.8, 4) is 12.3 Å². The largest absolute Gasteiger partial charge is 0.286 e. The quantitative estimate of drug-likeness (QED) is 0.657. The molecule has 0 fully saturated rings. The molecular weight excluding hydrogens is 170 g/mol. The second-order valence-electron chi connectivity index (χ2n) is 3.99. The fourth-order valence-corrected chi connectivity index (χ4v) is 1.40. The molecule has 0 atom stereocenters. The Hall–Kier alpha value is -1.26. The monoisotopic (exact) mass is 187 g/mol. The molecule has 0 radical (unpaired) electrons. The molecule has 0 spiro atoms. The lowest BCUT2D eigenvalue weighted by atomic mass is 9.93. The molecule has 0 bridgehead atoms. The molecule has 1 rings (SSSR count). The molecule has 0 heterocycles. The molecule has 0 amide bonds. The topological polar surface area (TPSA) is 3.24 Å². The van der Waals surface area contributed by atoms with Crippen LogP contribution in [0.25, 0.3) is 0 Å². The summed E-state index contributed by atoms with van der Waals surface area (Å²) in [6.45, 7) is 5.03. The molecule has 1 heteroatoms. The van der Waals surface area contributed by atoms with Crippen LogP contribution in [0.1, 0.15) is 19.4 Å². The van der Waals surface area contributed by atoms with Crippen molar-refractivity contribution in [2.24, 2.45) is 0 Å². The fourth-order valence-electron chi connectivity index (χ4n) is 1.40. The Morgan fingerprint density at radius 3 is 2.36 bits per heavy atom. The van der Waals surface area contributed by atoms with E-state index >= 15 is 0 Å². The average Bonchev–Trinajstić information content (AvgIpc) is 2.19. The number of benzene rings is 1. The molecular formula is C13H17N. The predicted molar refractivity (Wildman–Crippen MR) is 60.9 cm³/mol. The molecule has 74 valence electrons. The van der Waals surface area contributed by atoms with Gasteiger partial charge in [-0.3, -0.25) is 4.90 Å². The molecule has 0 N–H and O–H groups in total. The van der Waals surface area contributed by atoms with Crippen LogP contribution in [0.2, 0.25) is 0 Å². The highest BCUT2D eigenvalue weighted by atomic mass is 15.2. The summed E-state index contributed by atoms with van der Waals surface area (Å²) >= 11 is 0. The lowest BCUT2D eigenvalue weighted by Gasteiger charge is -2.34. The van der Waals surface area contributed by atoms with E-state index in [0.29, 0.717) is 6.54 Å². The van der Waals surface area contributed by atoms with Gasteiger partial charge in [-0.05, 0) is 26.5 Å². The van der Waals surface area contributed by atoms with Gasteiger partial charge in [0.05, 0.1) is 6.54 Å². The zero-order chi connectivity index (χ0) is 10.6. The Labute approximate surface area is 86.7 Å². The van der Waals surface area contributed by atoms with Gasteiger partial charge >= 0.3 is 0 Å². The summed E-state index contributed by atoms with van der Waals surface area (Å²) in [4.78, 5) is 2.17. The van der Waals surface area contributed by atoms with Gasteiger partial charge in [-0.2, -0.15) is 0 Å². The van der Waals surface area contributed by atoms with Gasteiger partial charge < -0.3 is 0 Å². The van der Waals surface area contributed by atoms with Crippen molar-refractivity contribution in [2.45, 2.75) is 19.4 Å². The smallest absolute Gasteiger partial charge is 0.0603 e. The van der Waals surface area contributed by atoms with Crippen LogP contribution in [0.5, 0.6) is 0 Å². The van der Waals surface area contributed by atoms with Crippen LogP contribution in [-0.2, 0) is 5.54 Å². The number of rotatable bonds is 3. The van der Waals surface area contributed by atoms with E-state index in [4.69, 9.17) is 6.42 Å². The maximum atomic E-state index is 5.31. The summed E-state index contributed by atoms with van der Waals surface area (Å²) in [5.74, 6) is 2.67. The van der Waals surface area contributed by atoms with Crippen molar-refractivity contribution < 1.29 is 0 Å². The minimum absolute atomic E-state index is 0.00632. The van der Waals surface area contributed by atoms with Crippen molar-refractivity contribution in [3.63, 3.8) is 0 Å². The standard InChI is InChI=1S/C13H17N/c1-5-11-14(4)13(2,3)12-9-7-6-8-10-12/h1,6-10H,11H2,2-4H3. The van der Waals surface area contributed by atoms with E-state index in [1.807, 2.05) is 13.1 Å². The molecule has 0 saturated carbocycles. The van der Waals surface area contributed by atoms with E-state index in [2.05, 4.69) is 48.9 Å². The van der Waals surface area contributed by atoms with Crippen molar-refractivity contribution in [1.29, 1.82) is 0 Å². The SMILES string of the molecule is C#CCN(C)C(C)(C)c1ccccc1. The summed E-state index contributed by atoms with van der Waals surface area (Å²) in [6, 6.07) is 10.4. The molecule has 0 aliphatic rings. The third-order valence-electron chi connectivity index (χ3n) is 2.76. The summed E-state index contributed by atoms with van der Waals surface area (Å²) in [5.41, 5.74) is 1.28. The van der Waals surface area contributed by atoms with Gasteiger partial charge in [-0.25, -0.2) is 0 Å². The molecule has 1 aromatic rings. The lowest BCUT2D eigenvalue weighted by Crippen LogP contribution is -2.38. The highest BCUT2D eigenvalue weighted by molar-refractivity contribution is 5.23. The zero-order valence-corrected chi connectivity index (χ0v) is 9.12. The summed E-state index contributed by atoms with van der Waals surface area (Å²) in [5, 5.41) is 0. The first-order valence-corrected chi connectivity index (χ1v) is 4.79. The van der Waals surface area contributed by atoms with Crippen molar-refractivity contribution in [3.05, 3.63) is 35.9 Å². The molecule has 1 aromatic carbocycles. The normalized spacial score (nSPS) is 11.4. The van der Waals surface area contributed by atoms with Gasteiger partial charge in [0.1, 0.15) is 0 Å². The van der Waals surface area contributed by atoms with Gasteiger partial charge in [-0.1, -0.05) is 36.3 Å². The average molecular weight is 187 g/mol. The first kappa shape index (κ1) is 10.8. The van der Waals surface area contributed by atoms with Gasteiger partial charge in [0.15, 0.2) is 0 Å². The Morgan fingerprint density at radius 1 is 1.29 bits per heavy atom. The van der Waals surface area contributed by atoms with Crippen molar-refractivity contribution in [2.75, 3.05) is 13.6 Å². The van der Waals surface area contributed by atoms with E-state index in [1.165, 1.54) is 5.56 Å². The van der Waals surface area contributed by atoms with E-state index < -0.39 is 0 Å². The summed E-state index contributed by atoms with van der Waals surface area (Å²) in [7, 11) is 2.05. The Balaban J connectivity index is 2.91. The predicted octanol–water partition coefficient (Wildman–Crippen LogP) is 2.49. The van der Waals surface area contributed by atoms with E-state index in [0.717, 1.165) is 0 Å². The number of terminal acetylenes is 1. The van der Waals surface area contributed by atoms with Crippen LogP contribution in [0, 0.1) is 12.3 Å². The first-order valence-electron chi connectivity index (χ1n) is 4.79. The highest BCUT2D eigenvalue weighted by Gasteiger charge is 2.24. The van der Waals surface area contributed by atoms with Crippen LogP contribution in [-0.4, -0.2) is 18.5 Å². The van der Waals surface area contributed by atoms with E-state index in [-0.39, 0.29) is 5.54 Å². The summed E-state index contributed by atoms with van der Waals surface area (Å²) < 4.78 is 0. The van der Waals surface area contributed by atoms with Crippen molar-refractivity contribution >= 4 is 0 Å².